The average molecular weight is 398 g/mol. The minimum atomic E-state index is -0.826. The second-order valence-corrected chi connectivity index (χ2v) is 6.57. The molecular weight excluding hydrogens is 378 g/mol. The van der Waals surface area contributed by atoms with Crippen LogP contribution in [0.3, 0.4) is 0 Å². The van der Waals surface area contributed by atoms with Crippen molar-refractivity contribution < 1.29 is 19.5 Å². The Morgan fingerprint density at radius 1 is 1.25 bits per heavy atom. The normalized spacial score (nSPS) is 18.0. The van der Waals surface area contributed by atoms with Gasteiger partial charge in [0, 0.05) is 11.0 Å². The van der Waals surface area contributed by atoms with Crippen molar-refractivity contribution in [2.45, 2.75) is 12.8 Å². The van der Waals surface area contributed by atoms with E-state index in [-0.39, 0.29) is 24.9 Å². The lowest BCUT2D eigenvalue weighted by molar-refractivity contribution is -0.144. The van der Waals surface area contributed by atoms with Crippen LogP contribution in [0.15, 0.2) is 28.7 Å². The number of benzene rings is 1. The van der Waals surface area contributed by atoms with Crippen LogP contribution in [0.1, 0.15) is 12.8 Å². The van der Waals surface area contributed by atoms with Crippen LogP contribution in [0.2, 0.25) is 0 Å². The van der Waals surface area contributed by atoms with Gasteiger partial charge in [-0.3, -0.25) is 19.3 Å². The fourth-order valence-electron chi connectivity index (χ4n) is 2.60. The lowest BCUT2D eigenvalue weighted by atomic mass is 9.98. The maximum atomic E-state index is 11.9. The molecule has 0 aromatic heterocycles. The Kier molecular flexibility index (Phi) is 6.74. The molecule has 0 saturated carbocycles. The van der Waals surface area contributed by atoms with Crippen molar-refractivity contribution in [3.05, 3.63) is 28.7 Å². The molecule has 130 valence electrons. The zero-order valence-electron chi connectivity index (χ0n) is 13.1. The molecule has 1 heterocycles. The summed E-state index contributed by atoms with van der Waals surface area (Å²) < 4.78 is 0.762. The summed E-state index contributed by atoms with van der Waals surface area (Å²) in [5.74, 6) is -1.86. The molecule has 2 amide bonds. The standard InChI is InChI=1S/C16H20BrN3O4/c17-12-5-1-2-6-13(12)19-14(21)8-18-15(22)10-20-7-3-4-11(9-20)16(23)24/h1-2,5-6,11H,3-4,7-10H2,(H,18,22)(H,19,21)(H,23,24). The first-order valence-electron chi connectivity index (χ1n) is 7.72. The van der Waals surface area contributed by atoms with Gasteiger partial charge in [0.1, 0.15) is 0 Å². The maximum absolute atomic E-state index is 11.9. The average Bonchev–Trinajstić information content (AvgIpc) is 2.55. The molecule has 1 aliphatic heterocycles. The Labute approximate surface area is 148 Å². The van der Waals surface area contributed by atoms with E-state index in [1.807, 2.05) is 17.0 Å². The highest BCUT2D eigenvalue weighted by Gasteiger charge is 2.26. The number of anilines is 1. The van der Waals surface area contributed by atoms with Crippen LogP contribution < -0.4 is 10.6 Å². The molecule has 1 aromatic carbocycles. The van der Waals surface area contributed by atoms with Gasteiger partial charge >= 0.3 is 5.97 Å². The summed E-state index contributed by atoms with van der Waals surface area (Å²) in [4.78, 5) is 36.6. The smallest absolute Gasteiger partial charge is 0.307 e. The molecule has 1 aliphatic rings. The Hall–Kier alpha value is -1.93. The number of carboxylic acid groups (broad SMARTS) is 1. The topological polar surface area (TPSA) is 98.7 Å². The number of carboxylic acids is 1. The number of hydrogen-bond donors (Lipinski definition) is 3. The Morgan fingerprint density at radius 2 is 2.00 bits per heavy atom. The summed E-state index contributed by atoms with van der Waals surface area (Å²) in [6, 6.07) is 7.20. The second kappa shape index (κ2) is 8.79. The van der Waals surface area contributed by atoms with Crippen LogP contribution in [0, 0.1) is 5.92 Å². The van der Waals surface area contributed by atoms with Gasteiger partial charge in [0.25, 0.3) is 0 Å². The molecule has 1 fully saturated rings. The molecule has 2 rings (SSSR count). The summed E-state index contributed by atoms with van der Waals surface area (Å²) in [5.41, 5.74) is 0.636. The van der Waals surface area contributed by atoms with Gasteiger partial charge in [0.15, 0.2) is 0 Å². The molecule has 1 saturated heterocycles. The number of halogens is 1. The number of rotatable bonds is 6. The summed E-state index contributed by atoms with van der Waals surface area (Å²) in [7, 11) is 0. The van der Waals surface area contributed by atoms with Gasteiger partial charge in [0.2, 0.25) is 11.8 Å². The van der Waals surface area contributed by atoms with Crippen molar-refractivity contribution in [3.8, 4) is 0 Å². The highest BCUT2D eigenvalue weighted by Crippen LogP contribution is 2.20. The number of nitrogens with zero attached hydrogens (tertiary/aromatic N) is 1. The van der Waals surface area contributed by atoms with Gasteiger partial charge < -0.3 is 15.7 Å². The van der Waals surface area contributed by atoms with Crippen LogP contribution in [-0.4, -0.2) is 54.0 Å². The number of hydrogen-bond acceptors (Lipinski definition) is 4. The van der Waals surface area contributed by atoms with Gasteiger partial charge in [-0.2, -0.15) is 0 Å². The fraction of sp³-hybridized carbons (Fsp3) is 0.438. The van der Waals surface area contributed by atoms with Crippen molar-refractivity contribution in [2.75, 3.05) is 31.5 Å². The summed E-state index contributed by atoms with van der Waals surface area (Å²) >= 11 is 3.33. The number of likely N-dealkylation sites (tertiary alicyclic amines) is 1. The third-order valence-electron chi connectivity index (χ3n) is 3.82. The molecule has 8 heteroatoms. The lowest BCUT2D eigenvalue weighted by Gasteiger charge is -2.29. The van der Waals surface area contributed by atoms with E-state index in [2.05, 4.69) is 26.6 Å². The summed E-state index contributed by atoms with van der Waals surface area (Å²) in [6.45, 7) is 1.04. The summed E-state index contributed by atoms with van der Waals surface area (Å²) in [6.07, 6.45) is 1.40. The predicted octanol–water partition coefficient (Wildman–Crippen LogP) is 1.30. The van der Waals surface area contributed by atoms with E-state index in [4.69, 9.17) is 5.11 Å². The zero-order valence-corrected chi connectivity index (χ0v) is 14.7. The zero-order chi connectivity index (χ0) is 17.5. The lowest BCUT2D eigenvalue weighted by Crippen LogP contribution is -2.45. The van der Waals surface area contributed by atoms with E-state index in [1.165, 1.54) is 0 Å². The van der Waals surface area contributed by atoms with Crippen LogP contribution in [0.5, 0.6) is 0 Å². The van der Waals surface area contributed by atoms with Gasteiger partial charge in [-0.15, -0.1) is 0 Å². The van der Waals surface area contributed by atoms with Crippen molar-refractivity contribution in [1.82, 2.24) is 10.2 Å². The first-order valence-corrected chi connectivity index (χ1v) is 8.51. The molecule has 1 unspecified atom stereocenters. The molecular formula is C16H20BrN3O4. The number of carbonyl (C=O) groups is 3. The minimum absolute atomic E-state index is 0.103. The highest BCUT2D eigenvalue weighted by atomic mass is 79.9. The molecule has 1 atom stereocenters. The molecule has 0 radical (unpaired) electrons. The minimum Gasteiger partial charge on any atom is -0.481 e. The van der Waals surface area contributed by atoms with Gasteiger partial charge in [0.05, 0.1) is 24.7 Å². The third-order valence-corrected chi connectivity index (χ3v) is 4.51. The fourth-order valence-corrected chi connectivity index (χ4v) is 2.98. The van der Waals surface area contributed by atoms with Gasteiger partial charge in [-0.1, -0.05) is 12.1 Å². The number of carbonyl (C=O) groups excluding carboxylic acids is 2. The van der Waals surface area contributed by atoms with Crippen LogP contribution >= 0.6 is 15.9 Å². The predicted molar refractivity (Wildman–Crippen MR) is 92.6 cm³/mol. The first kappa shape index (κ1) is 18.4. The maximum Gasteiger partial charge on any atom is 0.307 e. The molecule has 1 aromatic rings. The van der Waals surface area contributed by atoms with E-state index in [0.717, 1.165) is 10.9 Å². The van der Waals surface area contributed by atoms with Crippen molar-refractivity contribution >= 4 is 39.4 Å². The van der Waals surface area contributed by atoms with Gasteiger partial charge in [-0.05, 0) is 47.4 Å². The number of aliphatic carboxylic acids is 1. The van der Waals surface area contributed by atoms with Crippen LogP contribution in [-0.2, 0) is 14.4 Å². The molecule has 0 bridgehead atoms. The Bertz CT molecular complexity index is 623. The van der Waals surface area contributed by atoms with Gasteiger partial charge in [-0.25, -0.2) is 0 Å². The Morgan fingerprint density at radius 3 is 2.71 bits per heavy atom. The quantitative estimate of drug-likeness (QED) is 0.671. The molecule has 7 nitrogen and oxygen atoms in total. The SMILES string of the molecule is O=C(CN1CCCC(C(=O)O)C1)NCC(=O)Nc1ccccc1Br. The summed E-state index contributed by atoms with van der Waals surface area (Å²) in [5, 5.41) is 14.3. The number of piperidine rings is 1. The highest BCUT2D eigenvalue weighted by molar-refractivity contribution is 9.10. The molecule has 24 heavy (non-hydrogen) atoms. The van der Waals surface area contributed by atoms with E-state index >= 15 is 0 Å². The number of nitrogens with one attached hydrogen (secondary N) is 2. The van der Waals surface area contributed by atoms with E-state index in [9.17, 15) is 14.4 Å². The van der Waals surface area contributed by atoms with E-state index in [1.54, 1.807) is 12.1 Å². The number of para-hydroxylation sites is 1. The Balaban J connectivity index is 1.73. The van der Waals surface area contributed by atoms with E-state index < -0.39 is 11.9 Å². The molecule has 3 N–H and O–H groups in total. The van der Waals surface area contributed by atoms with Crippen molar-refractivity contribution in [2.24, 2.45) is 5.92 Å². The van der Waals surface area contributed by atoms with Crippen molar-refractivity contribution in [1.29, 1.82) is 0 Å². The molecule has 0 spiro atoms. The third kappa shape index (κ3) is 5.61. The largest absolute Gasteiger partial charge is 0.481 e. The molecule has 0 aliphatic carbocycles. The van der Waals surface area contributed by atoms with Crippen LogP contribution in [0.25, 0.3) is 0 Å². The van der Waals surface area contributed by atoms with Crippen molar-refractivity contribution in [3.63, 3.8) is 0 Å². The second-order valence-electron chi connectivity index (χ2n) is 5.72. The van der Waals surface area contributed by atoms with E-state index in [0.29, 0.717) is 25.2 Å². The monoisotopic (exact) mass is 397 g/mol. The van der Waals surface area contributed by atoms with Crippen LogP contribution in [0.4, 0.5) is 5.69 Å². The first-order chi connectivity index (χ1) is 11.5. The number of amides is 2.